The molecule has 1 aliphatic heterocycles. The first-order valence-electron chi connectivity index (χ1n) is 6.28. The predicted molar refractivity (Wildman–Crippen MR) is 70.4 cm³/mol. The van der Waals surface area contributed by atoms with Crippen molar-refractivity contribution in [3.05, 3.63) is 24.3 Å². The van der Waals surface area contributed by atoms with Gasteiger partial charge < -0.3 is 35.2 Å². The fourth-order valence-electron chi connectivity index (χ4n) is 2.10. The van der Waals surface area contributed by atoms with Gasteiger partial charge in [-0.3, -0.25) is 0 Å². The van der Waals surface area contributed by atoms with Crippen LogP contribution in [0.2, 0.25) is 0 Å². The lowest BCUT2D eigenvalue weighted by molar-refractivity contribution is -0.0774. The molecule has 0 aliphatic carbocycles. The summed E-state index contributed by atoms with van der Waals surface area (Å²) < 4.78 is 10.4. The summed E-state index contributed by atoms with van der Waals surface area (Å²) in [5, 5.41) is 40.9. The van der Waals surface area contributed by atoms with Gasteiger partial charge in [-0.15, -0.1) is 0 Å². The van der Waals surface area contributed by atoms with E-state index in [0.29, 0.717) is 11.4 Å². The molecule has 5 N–H and O–H groups in total. The summed E-state index contributed by atoms with van der Waals surface area (Å²) >= 11 is 0. The first-order valence-corrected chi connectivity index (χ1v) is 6.28. The van der Waals surface area contributed by atoms with E-state index in [9.17, 15) is 15.3 Å². The Morgan fingerprint density at radius 2 is 1.90 bits per heavy atom. The Hall–Kier alpha value is -1.38. The summed E-state index contributed by atoms with van der Waals surface area (Å²) in [7, 11) is 1.56. The number of ether oxygens (including phenoxy) is 2. The van der Waals surface area contributed by atoms with E-state index >= 15 is 0 Å². The number of aliphatic hydroxyl groups is 4. The van der Waals surface area contributed by atoms with E-state index in [-0.39, 0.29) is 0 Å². The van der Waals surface area contributed by atoms with Crippen molar-refractivity contribution in [2.75, 3.05) is 19.0 Å². The van der Waals surface area contributed by atoms with Crippen molar-refractivity contribution >= 4 is 5.69 Å². The molecule has 7 heteroatoms. The van der Waals surface area contributed by atoms with Crippen molar-refractivity contribution in [3.8, 4) is 5.75 Å². The van der Waals surface area contributed by atoms with Gasteiger partial charge >= 0.3 is 0 Å². The minimum atomic E-state index is -1.27. The average molecular weight is 285 g/mol. The molecule has 2 rings (SSSR count). The molecule has 0 unspecified atom stereocenters. The SMILES string of the molecule is COc1ccc(N[C@@H]2O[C@@H]([C@H](O)CO)[C@@H](O)[C@@H]2O)cc1. The molecule has 0 saturated carbocycles. The smallest absolute Gasteiger partial charge is 0.157 e. The zero-order chi connectivity index (χ0) is 14.7. The summed E-state index contributed by atoms with van der Waals surface area (Å²) in [6, 6.07) is 6.94. The number of methoxy groups -OCH3 is 1. The highest BCUT2D eigenvalue weighted by molar-refractivity contribution is 5.47. The Morgan fingerprint density at radius 1 is 1.25 bits per heavy atom. The largest absolute Gasteiger partial charge is 0.497 e. The Kier molecular flexibility index (Phi) is 4.79. The van der Waals surface area contributed by atoms with Crippen LogP contribution in [0.4, 0.5) is 5.69 Å². The molecule has 1 saturated heterocycles. The average Bonchev–Trinajstić information content (AvgIpc) is 2.76. The summed E-state index contributed by atoms with van der Waals surface area (Å²) in [5.41, 5.74) is 0.668. The standard InChI is InChI=1S/C13H19NO6/c1-19-8-4-2-7(3-5-8)14-13-11(18)10(17)12(20-13)9(16)6-15/h2-5,9-18H,6H2,1H3/t9-,10+,11+,12+,13-/m1/s1. The predicted octanol–water partition coefficient (Wildman–Crippen LogP) is -1.09. The molecule has 0 radical (unpaired) electrons. The van der Waals surface area contributed by atoms with Crippen LogP contribution in [0.3, 0.4) is 0 Å². The van der Waals surface area contributed by atoms with Crippen molar-refractivity contribution in [1.29, 1.82) is 0 Å². The Labute approximate surface area is 116 Å². The van der Waals surface area contributed by atoms with Gasteiger partial charge in [-0.2, -0.15) is 0 Å². The maximum absolute atomic E-state index is 9.88. The molecule has 0 amide bonds. The van der Waals surface area contributed by atoms with Gasteiger partial charge in [-0.05, 0) is 24.3 Å². The van der Waals surface area contributed by atoms with Gasteiger partial charge in [-0.25, -0.2) is 0 Å². The molecule has 0 spiro atoms. The van der Waals surface area contributed by atoms with E-state index < -0.39 is 37.3 Å². The number of aliphatic hydroxyl groups excluding tert-OH is 4. The van der Waals surface area contributed by atoms with Crippen molar-refractivity contribution in [2.45, 2.75) is 30.6 Å². The third kappa shape index (κ3) is 3.02. The molecule has 20 heavy (non-hydrogen) atoms. The van der Waals surface area contributed by atoms with Crippen LogP contribution in [0.5, 0.6) is 5.75 Å². The number of hydrogen-bond donors (Lipinski definition) is 5. The number of nitrogens with one attached hydrogen (secondary N) is 1. The molecule has 0 aromatic heterocycles. The third-order valence-corrected chi connectivity index (χ3v) is 3.27. The zero-order valence-corrected chi connectivity index (χ0v) is 11.0. The number of hydrogen-bond acceptors (Lipinski definition) is 7. The van der Waals surface area contributed by atoms with Crippen LogP contribution in [-0.2, 0) is 4.74 Å². The van der Waals surface area contributed by atoms with Crippen LogP contribution < -0.4 is 10.1 Å². The highest BCUT2D eigenvalue weighted by Crippen LogP contribution is 2.26. The van der Waals surface area contributed by atoms with Crippen LogP contribution in [0.1, 0.15) is 0 Å². The minimum Gasteiger partial charge on any atom is -0.497 e. The highest BCUT2D eigenvalue weighted by atomic mass is 16.6. The minimum absolute atomic E-state index is 0.552. The molecule has 112 valence electrons. The van der Waals surface area contributed by atoms with Gasteiger partial charge in [-0.1, -0.05) is 0 Å². The van der Waals surface area contributed by atoms with E-state index in [2.05, 4.69) is 5.32 Å². The second-order valence-electron chi connectivity index (χ2n) is 4.63. The highest BCUT2D eigenvalue weighted by Gasteiger charge is 2.45. The lowest BCUT2D eigenvalue weighted by Gasteiger charge is -2.19. The topological polar surface area (TPSA) is 111 Å². The van der Waals surface area contributed by atoms with Crippen LogP contribution in [-0.4, -0.2) is 64.8 Å². The lowest BCUT2D eigenvalue weighted by Crippen LogP contribution is -2.40. The summed E-state index contributed by atoms with van der Waals surface area (Å²) in [6.07, 6.45) is -5.63. The van der Waals surface area contributed by atoms with E-state index in [4.69, 9.17) is 14.6 Å². The zero-order valence-electron chi connectivity index (χ0n) is 11.0. The molecule has 7 nitrogen and oxygen atoms in total. The van der Waals surface area contributed by atoms with Gasteiger partial charge in [0.1, 0.15) is 30.2 Å². The molecular weight excluding hydrogens is 266 g/mol. The molecule has 1 aromatic rings. The van der Waals surface area contributed by atoms with Gasteiger partial charge in [0.2, 0.25) is 0 Å². The Bertz CT molecular complexity index is 425. The fraction of sp³-hybridized carbons (Fsp3) is 0.538. The maximum atomic E-state index is 9.88. The monoisotopic (exact) mass is 285 g/mol. The van der Waals surface area contributed by atoms with Gasteiger partial charge in [0.15, 0.2) is 6.23 Å². The molecule has 0 bridgehead atoms. The van der Waals surface area contributed by atoms with Gasteiger partial charge in [0, 0.05) is 5.69 Å². The van der Waals surface area contributed by atoms with Crippen molar-refractivity contribution in [3.63, 3.8) is 0 Å². The second kappa shape index (κ2) is 6.38. The normalized spacial score (nSPS) is 31.1. The molecule has 5 atom stereocenters. The summed E-state index contributed by atoms with van der Waals surface area (Å²) in [6.45, 7) is -0.552. The van der Waals surface area contributed by atoms with Crippen molar-refractivity contribution in [2.24, 2.45) is 0 Å². The number of rotatable bonds is 5. The van der Waals surface area contributed by atoms with E-state index in [1.54, 1.807) is 31.4 Å². The number of anilines is 1. The summed E-state index contributed by atoms with van der Waals surface area (Å²) in [5.74, 6) is 0.692. The van der Waals surface area contributed by atoms with Crippen molar-refractivity contribution < 1.29 is 29.9 Å². The molecule has 1 aromatic carbocycles. The van der Waals surface area contributed by atoms with Gasteiger partial charge in [0.25, 0.3) is 0 Å². The Morgan fingerprint density at radius 3 is 2.45 bits per heavy atom. The summed E-state index contributed by atoms with van der Waals surface area (Å²) in [4.78, 5) is 0. The molecular formula is C13H19NO6. The van der Waals surface area contributed by atoms with Gasteiger partial charge in [0.05, 0.1) is 13.7 Å². The quantitative estimate of drug-likeness (QED) is 0.467. The first kappa shape index (κ1) is 15.0. The fourth-order valence-corrected chi connectivity index (χ4v) is 2.10. The molecule has 1 fully saturated rings. The van der Waals surface area contributed by atoms with Crippen LogP contribution in [0.15, 0.2) is 24.3 Å². The number of benzene rings is 1. The van der Waals surface area contributed by atoms with Crippen LogP contribution in [0.25, 0.3) is 0 Å². The van der Waals surface area contributed by atoms with Crippen LogP contribution >= 0.6 is 0 Å². The van der Waals surface area contributed by atoms with Crippen LogP contribution in [0, 0.1) is 0 Å². The maximum Gasteiger partial charge on any atom is 0.157 e. The third-order valence-electron chi connectivity index (χ3n) is 3.27. The van der Waals surface area contributed by atoms with E-state index in [0.717, 1.165) is 0 Å². The second-order valence-corrected chi connectivity index (χ2v) is 4.63. The molecule has 1 aliphatic rings. The Balaban J connectivity index is 2.02. The van der Waals surface area contributed by atoms with Crippen molar-refractivity contribution in [1.82, 2.24) is 0 Å². The van der Waals surface area contributed by atoms with E-state index in [1.807, 2.05) is 0 Å². The van der Waals surface area contributed by atoms with E-state index in [1.165, 1.54) is 0 Å². The first-order chi connectivity index (χ1) is 9.56. The molecule has 1 heterocycles. The lowest BCUT2D eigenvalue weighted by atomic mass is 10.1.